The molecule has 0 heterocycles. The molecule has 0 aliphatic heterocycles. The zero-order valence-corrected chi connectivity index (χ0v) is 9.41. The predicted molar refractivity (Wildman–Crippen MR) is 60.2 cm³/mol. The number of nitrogens with one attached hydrogen (secondary N) is 1. The second-order valence-electron chi connectivity index (χ2n) is 3.51. The number of hydrogen-bond acceptors (Lipinski definition) is 3. The summed E-state index contributed by atoms with van der Waals surface area (Å²) in [5.74, 6) is 0.978. The highest BCUT2D eigenvalue weighted by molar-refractivity contribution is 5.81. The maximum Gasteiger partial charge on any atom is 0.147 e. The fourth-order valence-electron chi connectivity index (χ4n) is 1.48. The zero-order chi connectivity index (χ0) is 11.3. The van der Waals surface area contributed by atoms with Crippen molar-refractivity contribution in [3.8, 4) is 5.75 Å². The van der Waals surface area contributed by atoms with E-state index < -0.39 is 0 Å². The lowest BCUT2D eigenvalue weighted by Gasteiger charge is -2.13. The smallest absolute Gasteiger partial charge is 0.147 e. The van der Waals surface area contributed by atoms with Crippen molar-refractivity contribution in [1.82, 2.24) is 5.32 Å². The molecule has 1 N–H and O–H groups in total. The van der Waals surface area contributed by atoms with E-state index >= 15 is 0 Å². The van der Waals surface area contributed by atoms with Crippen LogP contribution >= 0.6 is 0 Å². The van der Waals surface area contributed by atoms with Gasteiger partial charge in [-0.2, -0.15) is 0 Å². The van der Waals surface area contributed by atoms with Crippen LogP contribution in [0.1, 0.15) is 12.5 Å². The molecule has 1 aromatic rings. The number of ether oxygens (including phenoxy) is 1. The number of carbonyl (C=O) groups is 1. The van der Waals surface area contributed by atoms with Crippen LogP contribution in [-0.4, -0.2) is 26.0 Å². The van der Waals surface area contributed by atoms with E-state index in [9.17, 15) is 4.79 Å². The number of rotatable bonds is 5. The summed E-state index contributed by atoms with van der Waals surface area (Å²) in [4.78, 5) is 11.2. The van der Waals surface area contributed by atoms with Crippen LogP contribution in [0.3, 0.4) is 0 Å². The van der Waals surface area contributed by atoms with Gasteiger partial charge in [0.15, 0.2) is 0 Å². The number of hydrogen-bond donors (Lipinski definition) is 1. The SMILES string of the molecule is CN[C@@H](Cc1cccc(OC)c1)C(C)=O. The van der Waals surface area contributed by atoms with Gasteiger partial charge in [0.2, 0.25) is 0 Å². The van der Waals surface area contributed by atoms with Gasteiger partial charge >= 0.3 is 0 Å². The first-order valence-corrected chi connectivity index (χ1v) is 4.98. The Hall–Kier alpha value is -1.35. The van der Waals surface area contributed by atoms with Crippen molar-refractivity contribution in [3.05, 3.63) is 29.8 Å². The van der Waals surface area contributed by atoms with Crippen LogP contribution in [0.15, 0.2) is 24.3 Å². The molecule has 1 rings (SSSR count). The molecule has 0 saturated carbocycles. The van der Waals surface area contributed by atoms with Crippen molar-refractivity contribution in [1.29, 1.82) is 0 Å². The Morgan fingerprint density at radius 2 is 2.27 bits per heavy atom. The Morgan fingerprint density at radius 1 is 1.53 bits per heavy atom. The van der Waals surface area contributed by atoms with Crippen LogP contribution in [-0.2, 0) is 11.2 Å². The molecule has 3 nitrogen and oxygen atoms in total. The largest absolute Gasteiger partial charge is 0.497 e. The van der Waals surface area contributed by atoms with Crippen molar-refractivity contribution >= 4 is 5.78 Å². The molecule has 0 saturated heterocycles. The summed E-state index contributed by atoms with van der Waals surface area (Å²) in [5, 5.41) is 3.00. The van der Waals surface area contributed by atoms with Gasteiger partial charge in [-0.15, -0.1) is 0 Å². The fraction of sp³-hybridized carbons (Fsp3) is 0.417. The van der Waals surface area contributed by atoms with Gasteiger partial charge in [-0.25, -0.2) is 0 Å². The maximum absolute atomic E-state index is 11.2. The average molecular weight is 207 g/mol. The molecule has 0 aromatic heterocycles. The van der Waals surface area contributed by atoms with E-state index in [0.29, 0.717) is 6.42 Å². The van der Waals surface area contributed by atoms with Crippen molar-refractivity contribution in [2.75, 3.05) is 14.2 Å². The molecule has 1 atom stereocenters. The predicted octanol–water partition coefficient (Wildman–Crippen LogP) is 1.41. The Balaban J connectivity index is 2.74. The first-order valence-electron chi connectivity index (χ1n) is 4.98. The van der Waals surface area contributed by atoms with Crippen LogP contribution in [0.5, 0.6) is 5.75 Å². The quantitative estimate of drug-likeness (QED) is 0.793. The van der Waals surface area contributed by atoms with Crippen LogP contribution in [0, 0.1) is 0 Å². The third kappa shape index (κ3) is 3.36. The summed E-state index contributed by atoms with van der Waals surface area (Å²) in [6.45, 7) is 1.60. The van der Waals surface area contributed by atoms with Crippen molar-refractivity contribution in [2.45, 2.75) is 19.4 Å². The molecule has 0 fully saturated rings. The Kier molecular flexibility index (Phi) is 4.31. The summed E-state index contributed by atoms with van der Waals surface area (Å²) in [6.07, 6.45) is 0.697. The Labute approximate surface area is 90.4 Å². The molecule has 0 aliphatic carbocycles. The second-order valence-corrected chi connectivity index (χ2v) is 3.51. The molecule has 3 heteroatoms. The Bertz CT molecular complexity index is 336. The molecule has 1 aromatic carbocycles. The summed E-state index contributed by atoms with van der Waals surface area (Å²) in [5.41, 5.74) is 1.10. The minimum absolute atomic E-state index is 0.114. The lowest BCUT2D eigenvalue weighted by Crippen LogP contribution is -2.34. The van der Waals surface area contributed by atoms with Gasteiger partial charge in [0.1, 0.15) is 11.5 Å². The van der Waals surface area contributed by atoms with E-state index in [1.165, 1.54) is 0 Å². The second kappa shape index (κ2) is 5.51. The molecule has 0 unspecified atom stereocenters. The molecule has 0 bridgehead atoms. The summed E-state index contributed by atoms with van der Waals surface area (Å²) in [6, 6.07) is 7.66. The van der Waals surface area contributed by atoms with Gasteiger partial charge in [-0.3, -0.25) is 4.79 Å². The lowest BCUT2D eigenvalue weighted by atomic mass is 10.0. The molecule has 0 amide bonds. The van der Waals surface area contributed by atoms with Crippen molar-refractivity contribution < 1.29 is 9.53 Å². The molecule has 0 spiro atoms. The summed E-state index contributed by atoms with van der Waals surface area (Å²) < 4.78 is 5.13. The van der Waals surface area contributed by atoms with Gasteiger partial charge in [0.25, 0.3) is 0 Å². The van der Waals surface area contributed by atoms with Gasteiger partial charge < -0.3 is 10.1 Å². The Morgan fingerprint density at radius 3 is 2.80 bits per heavy atom. The summed E-state index contributed by atoms with van der Waals surface area (Å²) >= 11 is 0. The molecule has 82 valence electrons. The highest BCUT2D eigenvalue weighted by Gasteiger charge is 2.12. The monoisotopic (exact) mass is 207 g/mol. The fourth-order valence-corrected chi connectivity index (χ4v) is 1.48. The first-order chi connectivity index (χ1) is 7.17. The van der Waals surface area contributed by atoms with E-state index in [0.717, 1.165) is 11.3 Å². The third-order valence-electron chi connectivity index (χ3n) is 2.41. The standard InChI is InChI=1S/C12H17NO2/c1-9(14)12(13-2)8-10-5-4-6-11(7-10)15-3/h4-7,12-13H,8H2,1-3H3/t12-/m0/s1. The number of ketones is 1. The number of methoxy groups -OCH3 is 1. The minimum Gasteiger partial charge on any atom is -0.497 e. The molecule has 0 aliphatic rings. The van der Waals surface area contributed by atoms with E-state index in [1.54, 1.807) is 21.1 Å². The molecular weight excluding hydrogens is 190 g/mol. The van der Waals surface area contributed by atoms with Crippen LogP contribution in [0.2, 0.25) is 0 Å². The van der Waals surface area contributed by atoms with Crippen molar-refractivity contribution in [2.24, 2.45) is 0 Å². The zero-order valence-electron chi connectivity index (χ0n) is 9.41. The molecular formula is C12H17NO2. The van der Waals surface area contributed by atoms with Crippen molar-refractivity contribution in [3.63, 3.8) is 0 Å². The third-order valence-corrected chi connectivity index (χ3v) is 2.41. The van der Waals surface area contributed by atoms with Crippen LogP contribution in [0.4, 0.5) is 0 Å². The maximum atomic E-state index is 11.2. The first kappa shape index (κ1) is 11.7. The van der Waals surface area contributed by atoms with Gasteiger partial charge in [0, 0.05) is 0 Å². The average Bonchev–Trinajstić information content (AvgIpc) is 2.25. The number of Topliss-reactive ketones (excluding diaryl/α,β-unsaturated/α-hetero) is 1. The van der Waals surface area contributed by atoms with E-state index in [2.05, 4.69) is 5.32 Å². The van der Waals surface area contributed by atoms with Gasteiger partial charge in [0.05, 0.1) is 13.2 Å². The molecule has 15 heavy (non-hydrogen) atoms. The highest BCUT2D eigenvalue weighted by Crippen LogP contribution is 2.14. The topological polar surface area (TPSA) is 38.3 Å². The van der Waals surface area contributed by atoms with Crippen LogP contribution in [0.25, 0.3) is 0 Å². The molecule has 0 radical (unpaired) electrons. The van der Waals surface area contributed by atoms with Gasteiger partial charge in [-0.05, 0) is 38.1 Å². The van der Waals surface area contributed by atoms with Gasteiger partial charge in [-0.1, -0.05) is 12.1 Å². The number of benzene rings is 1. The van der Waals surface area contributed by atoms with E-state index in [4.69, 9.17) is 4.74 Å². The summed E-state index contributed by atoms with van der Waals surface area (Å²) in [7, 11) is 3.44. The highest BCUT2D eigenvalue weighted by atomic mass is 16.5. The normalized spacial score (nSPS) is 12.2. The van der Waals surface area contributed by atoms with Crippen LogP contribution < -0.4 is 10.1 Å². The number of likely N-dealkylation sites (N-methyl/N-ethyl adjacent to an activating group) is 1. The minimum atomic E-state index is -0.114. The van der Waals surface area contributed by atoms with E-state index in [1.807, 2.05) is 24.3 Å². The lowest BCUT2D eigenvalue weighted by molar-refractivity contribution is -0.118. The van der Waals surface area contributed by atoms with E-state index in [-0.39, 0.29) is 11.8 Å². The number of carbonyl (C=O) groups excluding carboxylic acids is 1.